The van der Waals surface area contributed by atoms with E-state index in [0.29, 0.717) is 11.2 Å². The lowest BCUT2D eigenvalue weighted by Crippen LogP contribution is -2.31. The van der Waals surface area contributed by atoms with Crippen molar-refractivity contribution < 1.29 is 9.72 Å². The fraction of sp³-hybridized carbons (Fsp3) is 0.125. The molecule has 0 radical (unpaired) electrons. The van der Waals surface area contributed by atoms with Gasteiger partial charge in [-0.15, -0.1) is 0 Å². The van der Waals surface area contributed by atoms with E-state index in [9.17, 15) is 14.9 Å². The van der Waals surface area contributed by atoms with E-state index >= 15 is 0 Å². The summed E-state index contributed by atoms with van der Waals surface area (Å²) in [6.45, 7) is 1.94. The zero-order valence-electron chi connectivity index (χ0n) is 13.4. The summed E-state index contributed by atoms with van der Waals surface area (Å²) in [6.07, 6.45) is 0. The van der Waals surface area contributed by atoms with Gasteiger partial charge in [0.15, 0.2) is 0 Å². The molecule has 2 N–H and O–H groups in total. The van der Waals surface area contributed by atoms with Crippen LogP contribution >= 0.6 is 11.6 Å². The highest BCUT2D eigenvalue weighted by Crippen LogP contribution is 2.35. The molecule has 128 valence electrons. The SMILES string of the molecule is Cc1c2ccc(N(C(N)=O)c3ccc([N+](=O)[O-])cc3Cl)cc2nn1C. The third kappa shape index (κ3) is 2.87. The van der Waals surface area contributed by atoms with Crippen molar-refractivity contribution in [3.05, 3.63) is 57.2 Å². The highest BCUT2D eigenvalue weighted by Gasteiger charge is 2.21. The molecule has 0 saturated heterocycles. The lowest BCUT2D eigenvalue weighted by molar-refractivity contribution is -0.384. The highest BCUT2D eigenvalue weighted by molar-refractivity contribution is 6.34. The van der Waals surface area contributed by atoms with Gasteiger partial charge in [0.1, 0.15) is 0 Å². The topological polar surface area (TPSA) is 107 Å². The third-order valence-corrected chi connectivity index (χ3v) is 4.28. The van der Waals surface area contributed by atoms with Crippen molar-refractivity contribution in [1.29, 1.82) is 0 Å². The normalized spacial score (nSPS) is 10.8. The van der Waals surface area contributed by atoms with Gasteiger partial charge >= 0.3 is 6.03 Å². The van der Waals surface area contributed by atoms with Crippen LogP contribution in [0.5, 0.6) is 0 Å². The largest absolute Gasteiger partial charge is 0.351 e. The van der Waals surface area contributed by atoms with Crippen molar-refractivity contribution in [2.75, 3.05) is 4.90 Å². The first-order chi connectivity index (χ1) is 11.8. The number of nitrogens with two attached hydrogens (primary N) is 1. The summed E-state index contributed by atoms with van der Waals surface area (Å²) in [5.41, 5.74) is 7.75. The number of nitro groups is 1. The molecule has 9 heteroatoms. The first kappa shape index (κ1) is 16.7. The number of fused-ring (bicyclic) bond motifs is 1. The molecule has 1 heterocycles. The predicted molar refractivity (Wildman–Crippen MR) is 95.3 cm³/mol. The summed E-state index contributed by atoms with van der Waals surface area (Å²) in [5.74, 6) is 0. The maximum absolute atomic E-state index is 12.0. The van der Waals surface area contributed by atoms with Crippen molar-refractivity contribution in [3.8, 4) is 0 Å². The number of hydrogen-bond acceptors (Lipinski definition) is 4. The second-order valence-electron chi connectivity index (χ2n) is 5.48. The third-order valence-electron chi connectivity index (χ3n) is 3.98. The average molecular weight is 360 g/mol. The van der Waals surface area contributed by atoms with Crippen molar-refractivity contribution in [3.63, 3.8) is 0 Å². The van der Waals surface area contributed by atoms with Gasteiger partial charge in [-0.3, -0.25) is 19.7 Å². The molecular formula is C16H14ClN5O3. The van der Waals surface area contributed by atoms with Gasteiger partial charge in [0, 0.05) is 30.3 Å². The zero-order valence-corrected chi connectivity index (χ0v) is 14.2. The van der Waals surface area contributed by atoms with Crippen LogP contribution in [0, 0.1) is 17.0 Å². The van der Waals surface area contributed by atoms with Crippen molar-refractivity contribution in [1.82, 2.24) is 9.78 Å². The number of primary amides is 1. The number of benzene rings is 2. The molecular weight excluding hydrogens is 346 g/mol. The number of aryl methyl sites for hydroxylation is 2. The van der Waals surface area contributed by atoms with E-state index in [0.717, 1.165) is 11.1 Å². The number of non-ortho nitro benzene ring substituents is 1. The number of rotatable bonds is 3. The second kappa shape index (κ2) is 6.06. The first-order valence-corrected chi connectivity index (χ1v) is 7.64. The van der Waals surface area contributed by atoms with Gasteiger partial charge < -0.3 is 5.73 Å². The van der Waals surface area contributed by atoms with Gasteiger partial charge in [-0.05, 0) is 31.2 Å². The van der Waals surface area contributed by atoms with Gasteiger partial charge in [0.25, 0.3) is 5.69 Å². The van der Waals surface area contributed by atoms with Crippen LogP contribution in [0.1, 0.15) is 5.69 Å². The highest BCUT2D eigenvalue weighted by atomic mass is 35.5. The van der Waals surface area contributed by atoms with Gasteiger partial charge in [0.2, 0.25) is 0 Å². The van der Waals surface area contributed by atoms with Crippen molar-refractivity contribution in [2.45, 2.75) is 6.92 Å². The predicted octanol–water partition coefficient (Wildman–Crippen LogP) is 3.66. The number of urea groups is 1. The van der Waals surface area contributed by atoms with E-state index in [2.05, 4.69) is 5.10 Å². The van der Waals surface area contributed by atoms with Crippen LogP contribution in [-0.4, -0.2) is 20.7 Å². The van der Waals surface area contributed by atoms with E-state index in [1.165, 1.54) is 23.1 Å². The van der Waals surface area contributed by atoms with Gasteiger partial charge in [-0.25, -0.2) is 4.79 Å². The summed E-state index contributed by atoms with van der Waals surface area (Å²) in [4.78, 5) is 23.5. The molecule has 0 fully saturated rings. The number of aromatic nitrogens is 2. The summed E-state index contributed by atoms with van der Waals surface area (Å²) in [7, 11) is 1.83. The molecule has 0 saturated carbocycles. The Hall–Kier alpha value is -3.13. The van der Waals surface area contributed by atoms with E-state index < -0.39 is 11.0 Å². The Morgan fingerprint density at radius 3 is 2.64 bits per heavy atom. The fourth-order valence-corrected chi connectivity index (χ4v) is 2.89. The van der Waals surface area contributed by atoms with Crippen LogP contribution in [0.15, 0.2) is 36.4 Å². The Kier molecular flexibility index (Phi) is 4.05. The number of halogens is 1. The van der Waals surface area contributed by atoms with Crippen LogP contribution < -0.4 is 10.6 Å². The Morgan fingerprint density at radius 2 is 2.04 bits per heavy atom. The number of anilines is 2. The lowest BCUT2D eigenvalue weighted by atomic mass is 10.1. The molecule has 3 rings (SSSR count). The van der Waals surface area contributed by atoms with Crippen molar-refractivity contribution in [2.24, 2.45) is 12.8 Å². The number of hydrogen-bond donors (Lipinski definition) is 1. The summed E-state index contributed by atoms with van der Waals surface area (Å²) < 4.78 is 1.74. The van der Waals surface area contributed by atoms with Crippen LogP contribution in [0.2, 0.25) is 5.02 Å². The molecule has 0 atom stereocenters. The number of carbonyl (C=O) groups is 1. The van der Waals surface area contributed by atoms with Gasteiger partial charge in [-0.1, -0.05) is 11.6 Å². The van der Waals surface area contributed by atoms with Crippen LogP contribution in [0.4, 0.5) is 21.9 Å². The molecule has 0 aliphatic carbocycles. The average Bonchev–Trinajstić information content (AvgIpc) is 2.83. The standard InChI is InChI=1S/C16H14ClN5O3/c1-9-12-5-3-10(8-14(12)19-20(9)2)21(16(18)23)15-6-4-11(22(24)25)7-13(15)17/h3-8H,1-2H3,(H2,18,23). The number of carbonyl (C=O) groups excluding carboxylic acids is 1. The minimum absolute atomic E-state index is 0.0466. The minimum Gasteiger partial charge on any atom is -0.351 e. The summed E-state index contributed by atoms with van der Waals surface area (Å²) in [6, 6.07) is 8.34. The second-order valence-corrected chi connectivity index (χ2v) is 5.88. The molecule has 0 bridgehead atoms. The van der Waals surface area contributed by atoms with Crippen molar-refractivity contribution >= 4 is 45.6 Å². The number of amides is 2. The Labute approximate surface area is 147 Å². The lowest BCUT2D eigenvalue weighted by Gasteiger charge is -2.21. The Balaban J connectivity index is 2.14. The summed E-state index contributed by atoms with van der Waals surface area (Å²) in [5, 5.41) is 16.2. The molecule has 2 amide bonds. The quantitative estimate of drug-likeness (QED) is 0.568. The zero-order chi connectivity index (χ0) is 18.3. The molecule has 8 nitrogen and oxygen atoms in total. The maximum Gasteiger partial charge on any atom is 0.323 e. The van der Waals surface area contributed by atoms with Crippen LogP contribution in [0.25, 0.3) is 10.9 Å². The monoisotopic (exact) mass is 359 g/mol. The minimum atomic E-state index is -0.761. The molecule has 0 unspecified atom stereocenters. The maximum atomic E-state index is 12.0. The Morgan fingerprint density at radius 1 is 1.32 bits per heavy atom. The molecule has 2 aromatic carbocycles. The molecule has 0 aliphatic rings. The fourth-order valence-electron chi connectivity index (χ4n) is 2.63. The molecule has 1 aromatic heterocycles. The van der Waals surface area contributed by atoms with E-state index in [1.54, 1.807) is 16.8 Å². The van der Waals surface area contributed by atoms with Crippen LogP contribution in [-0.2, 0) is 7.05 Å². The molecule has 3 aromatic rings. The van der Waals surface area contributed by atoms with Gasteiger partial charge in [0.05, 0.1) is 26.8 Å². The van der Waals surface area contributed by atoms with E-state index in [1.807, 2.05) is 20.0 Å². The van der Waals surface area contributed by atoms with E-state index in [-0.39, 0.29) is 16.4 Å². The molecule has 0 aliphatic heterocycles. The molecule has 25 heavy (non-hydrogen) atoms. The molecule has 0 spiro atoms. The first-order valence-electron chi connectivity index (χ1n) is 7.26. The number of nitrogens with zero attached hydrogens (tertiary/aromatic N) is 4. The van der Waals surface area contributed by atoms with Crippen LogP contribution in [0.3, 0.4) is 0 Å². The summed E-state index contributed by atoms with van der Waals surface area (Å²) >= 11 is 6.14. The van der Waals surface area contributed by atoms with Gasteiger partial charge in [-0.2, -0.15) is 5.10 Å². The van der Waals surface area contributed by atoms with E-state index in [4.69, 9.17) is 17.3 Å². The number of nitro benzene ring substituents is 1. The Bertz CT molecular complexity index is 1010. The smallest absolute Gasteiger partial charge is 0.323 e.